The number of benzene rings is 8. The fraction of sp³-hybridized carbons (Fsp3) is 0. The smallest absolute Gasteiger partial charge is 0.160 e. The van der Waals surface area contributed by atoms with Crippen molar-refractivity contribution in [1.82, 2.24) is 19.9 Å². The molecule has 282 valence electrons. The molecule has 0 aliphatic heterocycles. The molecule has 2 heterocycles. The van der Waals surface area contributed by atoms with Gasteiger partial charge in [-0.2, -0.15) is 0 Å². The Labute approximate surface area is 350 Å². The number of hydrogen-bond acceptors (Lipinski definition) is 4. The zero-order valence-electron chi connectivity index (χ0n) is 32.7. The van der Waals surface area contributed by atoms with E-state index in [-0.39, 0.29) is 0 Å². The van der Waals surface area contributed by atoms with Crippen molar-refractivity contribution in [1.29, 1.82) is 0 Å². The summed E-state index contributed by atoms with van der Waals surface area (Å²) >= 11 is 0. The van der Waals surface area contributed by atoms with Gasteiger partial charge < -0.3 is 0 Å². The first-order chi connectivity index (χ1) is 29.7. The molecule has 0 aliphatic rings. The number of aromatic nitrogens is 4. The zero-order chi connectivity index (χ0) is 40.1. The molecule has 0 amide bonds. The summed E-state index contributed by atoms with van der Waals surface area (Å²) in [5, 5.41) is 0. The Morgan fingerprint density at radius 3 is 0.767 bits per heavy atom. The van der Waals surface area contributed by atoms with Crippen molar-refractivity contribution in [2.75, 3.05) is 0 Å². The molecule has 4 heteroatoms. The molecule has 4 nitrogen and oxygen atoms in total. The quantitative estimate of drug-likeness (QED) is 0.147. The van der Waals surface area contributed by atoms with E-state index in [4.69, 9.17) is 19.9 Å². The minimum Gasteiger partial charge on any atom is -0.228 e. The number of hydrogen-bond donors (Lipinski definition) is 0. The van der Waals surface area contributed by atoms with E-state index < -0.39 is 0 Å². The Bertz CT molecular complexity index is 2710. The van der Waals surface area contributed by atoms with Crippen molar-refractivity contribution in [2.45, 2.75) is 0 Å². The molecule has 2 aromatic heterocycles. The molecule has 0 saturated heterocycles. The van der Waals surface area contributed by atoms with Crippen LogP contribution < -0.4 is 0 Å². The van der Waals surface area contributed by atoms with Gasteiger partial charge in [-0.3, -0.25) is 0 Å². The third kappa shape index (κ3) is 7.53. The number of nitrogens with zero attached hydrogens (tertiary/aromatic N) is 4. The second kappa shape index (κ2) is 16.4. The van der Waals surface area contributed by atoms with Crippen LogP contribution in [0.1, 0.15) is 0 Å². The molecule has 10 rings (SSSR count). The molecule has 0 aliphatic carbocycles. The van der Waals surface area contributed by atoms with Gasteiger partial charge >= 0.3 is 0 Å². The van der Waals surface area contributed by atoms with E-state index in [1.165, 1.54) is 0 Å². The van der Waals surface area contributed by atoms with Gasteiger partial charge in [0.05, 0.1) is 22.8 Å². The molecule has 0 bridgehead atoms. The Morgan fingerprint density at radius 1 is 0.183 bits per heavy atom. The van der Waals surface area contributed by atoms with E-state index in [1.54, 1.807) is 0 Å². The van der Waals surface area contributed by atoms with Gasteiger partial charge in [-0.05, 0) is 45.5 Å². The molecule has 0 atom stereocenters. The van der Waals surface area contributed by atoms with Gasteiger partial charge in [-0.25, -0.2) is 19.9 Å². The largest absolute Gasteiger partial charge is 0.228 e. The SMILES string of the molecule is c1ccc(-c2cc(-c3ccc(-c4ccccc4-c4ccccc4-c4ccc(-c5nc(-c6ccccc6)cc(-c6ccccc6)n5)cc4)cc3)nc(-c3ccccc3)n2)cc1. The van der Waals surface area contributed by atoms with E-state index in [1.807, 2.05) is 72.8 Å². The van der Waals surface area contributed by atoms with E-state index in [0.717, 1.165) is 89.5 Å². The van der Waals surface area contributed by atoms with Crippen molar-refractivity contribution >= 4 is 0 Å². The molecule has 10 aromatic rings. The van der Waals surface area contributed by atoms with Crippen molar-refractivity contribution in [3.8, 4) is 101 Å². The predicted octanol–water partition coefficient (Wildman–Crippen LogP) is 14.3. The summed E-state index contributed by atoms with van der Waals surface area (Å²) in [6.07, 6.45) is 0. The molecule has 8 aromatic carbocycles. The molecule has 0 spiro atoms. The highest BCUT2D eigenvalue weighted by Gasteiger charge is 2.16. The Balaban J connectivity index is 0.985. The summed E-state index contributed by atoms with van der Waals surface area (Å²) in [6.45, 7) is 0. The van der Waals surface area contributed by atoms with Crippen LogP contribution in [0, 0.1) is 0 Å². The molecular weight excluding hydrogens is 729 g/mol. The van der Waals surface area contributed by atoms with Crippen LogP contribution in [-0.4, -0.2) is 19.9 Å². The lowest BCUT2D eigenvalue weighted by atomic mass is 9.89. The van der Waals surface area contributed by atoms with Crippen molar-refractivity contribution in [3.05, 3.63) is 231 Å². The zero-order valence-corrected chi connectivity index (χ0v) is 32.7. The molecule has 0 fully saturated rings. The predicted molar refractivity (Wildman–Crippen MR) is 247 cm³/mol. The molecule has 0 unspecified atom stereocenters. The molecule has 60 heavy (non-hydrogen) atoms. The summed E-state index contributed by atoms with van der Waals surface area (Å²) in [5.74, 6) is 1.40. The molecule has 0 saturated carbocycles. The maximum absolute atomic E-state index is 5.06. The maximum Gasteiger partial charge on any atom is 0.160 e. The van der Waals surface area contributed by atoms with Gasteiger partial charge in [-0.1, -0.05) is 218 Å². The standard InChI is InChI=1S/C56H38N4/c1-5-17-41(18-6-1)51-37-52(42-19-7-2-8-20-42)59-56(58-51)46-35-31-40(32-36-46)48-26-14-16-28-50(48)49-27-15-13-25-47(49)39-29-33-44(34-30-39)54-38-53(43-21-9-3-10-22-43)57-55(60-54)45-23-11-4-12-24-45/h1-38H. The molecule has 0 radical (unpaired) electrons. The highest BCUT2D eigenvalue weighted by atomic mass is 14.9. The van der Waals surface area contributed by atoms with Crippen LogP contribution in [0.3, 0.4) is 0 Å². The van der Waals surface area contributed by atoms with Crippen LogP contribution >= 0.6 is 0 Å². The lowest BCUT2D eigenvalue weighted by molar-refractivity contribution is 1.18. The van der Waals surface area contributed by atoms with Gasteiger partial charge in [0.1, 0.15) is 0 Å². The normalized spacial score (nSPS) is 11.0. The van der Waals surface area contributed by atoms with Crippen LogP contribution in [0.2, 0.25) is 0 Å². The lowest BCUT2D eigenvalue weighted by Crippen LogP contribution is -1.96. The summed E-state index contributed by atoms with van der Waals surface area (Å²) in [4.78, 5) is 20.1. The van der Waals surface area contributed by atoms with E-state index in [0.29, 0.717) is 11.6 Å². The van der Waals surface area contributed by atoms with Gasteiger partial charge in [0.2, 0.25) is 0 Å². The average molecular weight is 767 g/mol. The minimum atomic E-state index is 0.693. The average Bonchev–Trinajstić information content (AvgIpc) is 3.35. The summed E-state index contributed by atoms with van der Waals surface area (Å²) in [7, 11) is 0. The molecule has 0 N–H and O–H groups in total. The van der Waals surface area contributed by atoms with Gasteiger partial charge in [-0.15, -0.1) is 0 Å². The first-order valence-corrected chi connectivity index (χ1v) is 20.1. The second-order valence-corrected chi connectivity index (χ2v) is 14.6. The Morgan fingerprint density at radius 2 is 0.417 bits per heavy atom. The second-order valence-electron chi connectivity index (χ2n) is 14.6. The van der Waals surface area contributed by atoms with E-state index in [9.17, 15) is 0 Å². The number of rotatable bonds is 9. The van der Waals surface area contributed by atoms with Gasteiger partial charge in [0, 0.05) is 33.4 Å². The first-order valence-electron chi connectivity index (χ1n) is 20.1. The van der Waals surface area contributed by atoms with Crippen LogP contribution in [-0.2, 0) is 0 Å². The van der Waals surface area contributed by atoms with Gasteiger partial charge in [0.15, 0.2) is 11.6 Å². The minimum absolute atomic E-state index is 0.693. The third-order valence-corrected chi connectivity index (χ3v) is 10.8. The Hall–Kier alpha value is -8.08. The summed E-state index contributed by atoms with van der Waals surface area (Å²) in [5.41, 5.74) is 16.6. The topological polar surface area (TPSA) is 51.6 Å². The van der Waals surface area contributed by atoms with Crippen molar-refractivity contribution in [3.63, 3.8) is 0 Å². The van der Waals surface area contributed by atoms with Crippen LogP contribution in [0.4, 0.5) is 0 Å². The maximum atomic E-state index is 5.06. The fourth-order valence-corrected chi connectivity index (χ4v) is 7.72. The first kappa shape index (κ1) is 36.3. The highest BCUT2D eigenvalue weighted by molar-refractivity contribution is 5.92. The Kier molecular flexibility index (Phi) is 9.92. The van der Waals surface area contributed by atoms with Crippen LogP contribution in [0.5, 0.6) is 0 Å². The van der Waals surface area contributed by atoms with Crippen molar-refractivity contribution < 1.29 is 0 Å². The van der Waals surface area contributed by atoms with Crippen LogP contribution in [0.25, 0.3) is 101 Å². The highest BCUT2D eigenvalue weighted by Crippen LogP contribution is 2.39. The van der Waals surface area contributed by atoms with E-state index >= 15 is 0 Å². The van der Waals surface area contributed by atoms with Gasteiger partial charge in [0.25, 0.3) is 0 Å². The summed E-state index contributed by atoms with van der Waals surface area (Å²) in [6, 6.07) is 79.9. The summed E-state index contributed by atoms with van der Waals surface area (Å²) < 4.78 is 0. The van der Waals surface area contributed by atoms with Crippen molar-refractivity contribution in [2.24, 2.45) is 0 Å². The molecular formula is C56H38N4. The lowest BCUT2D eigenvalue weighted by Gasteiger charge is -2.15. The van der Waals surface area contributed by atoms with E-state index in [2.05, 4.69) is 158 Å². The third-order valence-electron chi connectivity index (χ3n) is 10.8. The monoisotopic (exact) mass is 766 g/mol. The van der Waals surface area contributed by atoms with Crippen LogP contribution in [0.15, 0.2) is 231 Å². The fourth-order valence-electron chi connectivity index (χ4n) is 7.72.